The van der Waals surface area contributed by atoms with Crippen LogP contribution in [-0.4, -0.2) is 49.7 Å². The van der Waals surface area contributed by atoms with Gasteiger partial charge in [-0.05, 0) is 24.3 Å². The van der Waals surface area contributed by atoms with Gasteiger partial charge in [0, 0.05) is 37.8 Å². The SMILES string of the molecule is O=C(c1ccccc1)N1CCN(S(=O)(=O)c2ccc(F)cc2F)CC1. The number of amides is 1. The molecular weight excluding hydrogens is 350 g/mol. The van der Waals surface area contributed by atoms with E-state index in [1.165, 1.54) is 0 Å². The van der Waals surface area contributed by atoms with Crippen LogP contribution in [0.25, 0.3) is 0 Å². The summed E-state index contributed by atoms with van der Waals surface area (Å²) in [6.45, 7) is 0.515. The first-order valence-corrected chi connectivity index (χ1v) is 9.13. The van der Waals surface area contributed by atoms with Crippen molar-refractivity contribution in [2.45, 2.75) is 4.90 Å². The van der Waals surface area contributed by atoms with Crippen molar-refractivity contribution in [2.24, 2.45) is 0 Å². The van der Waals surface area contributed by atoms with Gasteiger partial charge in [0.2, 0.25) is 10.0 Å². The maximum atomic E-state index is 13.8. The molecule has 0 aliphatic carbocycles. The summed E-state index contributed by atoms with van der Waals surface area (Å²) >= 11 is 0. The average Bonchev–Trinajstić information content (AvgIpc) is 2.61. The van der Waals surface area contributed by atoms with Crippen molar-refractivity contribution < 1.29 is 22.0 Å². The van der Waals surface area contributed by atoms with E-state index < -0.39 is 26.6 Å². The minimum Gasteiger partial charge on any atom is -0.336 e. The van der Waals surface area contributed by atoms with Crippen LogP contribution in [-0.2, 0) is 10.0 Å². The lowest BCUT2D eigenvalue weighted by Crippen LogP contribution is -2.50. The second kappa shape index (κ2) is 6.89. The van der Waals surface area contributed by atoms with Crippen LogP contribution < -0.4 is 0 Å². The zero-order chi connectivity index (χ0) is 18.0. The van der Waals surface area contributed by atoms with Gasteiger partial charge in [0.1, 0.15) is 16.5 Å². The Morgan fingerprint density at radius 2 is 1.56 bits per heavy atom. The standard InChI is InChI=1S/C17H16F2N2O3S/c18-14-6-7-16(15(19)12-14)25(23,24)21-10-8-20(9-11-21)17(22)13-4-2-1-3-5-13/h1-7,12H,8-11H2. The highest BCUT2D eigenvalue weighted by Gasteiger charge is 2.32. The van der Waals surface area contributed by atoms with Crippen molar-refractivity contribution in [3.8, 4) is 0 Å². The number of piperazine rings is 1. The van der Waals surface area contributed by atoms with E-state index in [4.69, 9.17) is 0 Å². The number of benzene rings is 2. The quantitative estimate of drug-likeness (QED) is 0.836. The van der Waals surface area contributed by atoms with E-state index >= 15 is 0 Å². The summed E-state index contributed by atoms with van der Waals surface area (Å²) in [6, 6.07) is 11.1. The third kappa shape index (κ3) is 3.54. The van der Waals surface area contributed by atoms with E-state index in [0.29, 0.717) is 11.6 Å². The number of hydrogen-bond donors (Lipinski definition) is 0. The van der Waals surface area contributed by atoms with Crippen molar-refractivity contribution in [3.05, 3.63) is 65.7 Å². The lowest BCUT2D eigenvalue weighted by Gasteiger charge is -2.34. The van der Waals surface area contributed by atoms with Crippen molar-refractivity contribution in [2.75, 3.05) is 26.2 Å². The maximum absolute atomic E-state index is 13.8. The normalized spacial score (nSPS) is 16.0. The van der Waals surface area contributed by atoms with Crippen molar-refractivity contribution in [1.82, 2.24) is 9.21 Å². The lowest BCUT2D eigenvalue weighted by molar-refractivity contribution is 0.0697. The van der Waals surface area contributed by atoms with Gasteiger partial charge >= 0.3 is 0 Å². The van der Waals surface area contributed by atoms with Crippen LogP contribution >= 0.6 is 0 Å². The molecular formula is C17H16F2N2O3S. The molecule has 5 nitrogen and oxygen atoms in total. The van der Waals surface area contributed by atoms with E-state index in [0.717, 1.165) is 16.4 Å². The van der Waals surface area contributed by atoms with Gasteiger partial charge < -0.3 is 4.90 Å². The molecule has 0 atom stereocenters. The predicted molar refractivity (Wildman–Crippen MR) is 87.5 cm³/mol. The molecule has 1 fully saturated rings. The molecule has 3 rings (SSSR count). The zero-order valence-electron chi connectivity index (χ0n) is 13.2. The first-order chi connectivity index (χ1) is 11.9. The molecule has 2 aromatic carbocycles. The molecule has 0 N–H and O–H groups in total. The Balaban J connectivity index is 1.72. The Morgan fingerprint density at radius 3 is 2.16 bits per heavy atom. The zero-order valence-corrected chi connectivity index (χ0v) is 14.0. The highest BCUT2D eigenvalue weighted by Crippen LogP contribution is 2.22. The fraction of sp³-hybridized carbons (Fsp3) is 0.235. The van der Waals surface area contributed by atoms with Crippen LogP contribution in [0.5, 0.6) is 0 Å². The molecule has 0 spiro atoms. The molecule has 1 aliphatic heterocycles. The topological polar surface area (TPSA) is 57.7 Å². The fourth-order valence-corrected chi connectivity index (χ4v) is 4.19. The minimum atomic E-state index is -4.07. The van der Waals surface area contributed by atoms with Crippen LogP contribution in [0.15, 0.2) is 53.4 Å². The Bertz CT molecular complexity index is 880. The molecule has 1 heterocycles. The summed E-state index contributed by atoms with van der Waals surface area (Å²) in [5.74, 6) is -2.14. The molecule has 0 bridgehead atoms. The Kier molecular flexibility index (Phi) is 4.82. The Labute approximate surface area is 144 Å². The van der Waals surface area contributed by atoms with Gasteiger partial charge in [-0.3, -0.25) is 4.79 Å². The second-order valence-corrected chi connectivity index (χ2v) is 7.54. The van der Waals surface area contributed by atoms with E-state index in [2.05, 4.69) is 0 Å². The molecule has 2 aromatic rings. The van der Waals surface area contributed by atoms with Gasteiger partial charge in [0.25, 0.3) is 5.91 Å². The van der Waals surface area contributed by atoms with E-state index in [1.807, 2.05) is 0 Å². The molecule has 0 unspecified atom stereocenters. The van der Waals surface area contributed by atoms with Gasteiger partial charge in [-0.25, -0.2) is 17.2 Å². The Morgan fingerprint density at radius 1 is 0.920 bits per heavy atom. The molecule has 0 saturated carbocycles. The van der Waals surface area contributed by atoms with Crippen molar-refractivity contribution >= 4 is 15.9 Å². The van der Waals surface area contributed by atoms with Crippen LogP contribution in [0, 0.1) is 11.6 Å². The second-order valence-electron chi connectivity index (χ2n) is 5.64. The molecule has 1 aliphatic rings. The molecule has 0 aromatic heterocycles. The largest absolute Gasteiger partial charge is 0.336 e. The Hall–Kier alpha value is -2.32. The highest BCUT2D eigenvalue weighted by atomic mass is 32.2. The third-order valence-corrected chi connectivity index (χ3v) is 5.99. The number of rotatable bonds is 3. The number of carbonyl (C=O) groups excluding carboxylic acids is 1. The summed E-state index contributed by atoms with van der Waals surface area (Å²) in [4.78, 5) is 13.4. The number of sulfonamides is 1. The van der Waals surface area contributed by atoms with Crippen LogP contribution in [0.2, 0.25) is 0 Å². The van der Waals surface area contributed by atoms with E-state index in [1.54, 1.807) is 35.2 Å². The number of carbonyl (C=O) groups is 1. The van der Waals surface area contributed by atoms with Gasteiger partial charge in [-0.15, -0.1) is 0 Å². The van der Waals surface area contributed by atoms with Crippen molar-refractivity contribution in [1.29, 1.82) is 0 Å². The smallest absolute Gasteiger partial charge is 0.253 e. The molecule has 0 radical (unpaired) electrons. The molecule has 1 saturated heterocycles. The summed E-state index contributed by atoms with van der Waals surface area (Å²) in [5, 5.41) is 0. The van der Waals surface area contributed by atoms with E-state index in [9.17, 15) is 22.0 Å². The molecule has 8 heteroatoms. The summed E-state index contributed by atoms with van der Waals surface area (Å²) in [5.41, 5.74) is 0.531. The minimum absolute atomic E-state index is 0.0533. The van der Waals surface area contributed by atoms with Crippen molar-refractivity contribution in [3.63, 3.8) is 0 Å². The molecule has 1 amide bonds. The summed E-state index contributed by atoms with van der Waals surface area (Å²) in [6.07, 6.45) is 0. The predicted octanol–water partition coefficient (Wildman–Crippen LogP) is 2.11. The van der Waals surface area contributed by atoms with Crippen LogP contribution in [0.3, 0.4) is 0 Å². The van der Waals surface area contributed by atoms with Gasteiger partial charge in [-0.2, -0.15) is 4.31 Å². The summed E-state index contributed by atoms with van der Waals surface area (Å²) in [7, 11) is -4.07. The third-order valence-electron chi connectivity index (χ3n) is 4.06. The van der Waals surface area contributed by atoms with Crippen LogP contribution in [0.1, 0.15) is 10.4 Å². The fourth-order valence-electron chi connectivity index (χ4n) is 2.72. The van der Waals surface area contributed by atoms with Crippen LogP contribution in [0.4, 0.5) is 8.78 Å². The van der Waals surface area contributed by atoms with Gasteiger partial charge in [0.15, 0.2) is 0 Å². The average molecular weight is 366 g/mol. The monoisotopic (exact) mass is 366 g/mol. The number of hydrogen-bond acceptors (Lipinski definition) is 3. The first-order valence-electron chi connectivity index (χ1n) is 7.69. The lowest BCUT2D eigenvalue weighted by atomic mass is 10.2. The van der Waals surface area contributed by atoms with E-state index in [-0.39, 0.29) is 32.1 Å². The summed E-state index contributed by atoms with van der Waals surface area (Å²) < 4.78 is 53.0. The maximum Gasteiger partial charge on any atom is 0.253 e. The highest BCUT2D eigenvalue weighted by molar-refractivity contribution is 7.89. The van der Waals surface area contributed by atoms with Gasteiger partial charge in [-0.1, -0.05) is 18.2 Å². The number of halogens is 2. The molecule has 132 valence electrons. The first kappa shape index (κ1) is 17.5. The number of nitrogens with zero attached hydrogens (tertiary/aromatic N) is 2. The van der Waals surface area contributed by atoms with Gasteiger partial charge in [0.05, 0.1) is 0 Å². The molecule has 25 heavy (non-hydrogen) atoms.